The quantitative estimate of drug-likeness (QED) is 0.792. The predicted octanol–water partition coefficient (Wildman–Crippen LogP) is 5.13. The first-order valence-corrected chi connectivity index (χ1v) is 8.32. The molecule has 0 radical (unpaired) electrons. The van der Waals surface area contributed by atoms with Crippen LogP contribution in [-0.4, -0.2) is 17.5 Å². The van der Waals surface area contributed by atoms with Crippen molar-refractivity contribution in [2.75, 3.05) is 11.9 Å². The van der Waals surface area contributed by atoms with Crippen molar-refractivity contribution in [1.82, 2.24) is 4.90 Å². The molecule has 1 fully saturated rings. The average Bonchev–Trinajstić information content (AvgIpc) is 2.97. The maximum Gasteiger partial charge on any atom is 0.322 e. The molecule has 1 unspecified atom stereocenters. The fourth-order valence-electron chi connectivity index (χ4n) is 2.96. The molecular weight excluding hydrogens is 340 g/mol. The van der Waals surface area contributed by atoms with Crippen LogP contribution in [0.5, 0.6) is 0 Å². The lowest BCUT2D eigenvalue weighted by atomic mass is 10.1. The largest absolute Gasteiger partial charge is 0.322 e. The fourth-order valence-corrected chi connectivity index (χ4v) is 3.22. The Bertz CT molecular complexity index is 669. The van der Waals surface area contributed by atoms with Crippen LogP contribution in [0.25, 0.3) is 0 Å². The molecule has 3 nitrogen and oxygen atoms in total. The fraction of sp³-hybridized carbons (Fsp3) is 0.278. The summed E-state index contributed by atoms with van der Waals surface area (Å²) in [5.41, 5.74) is 3.19. The van der Waals surface area contributed by atoms with E-state index in [1.54, 1.807) is 0 Å². The second-order valence-electron chi connectivity index (χ2n) is 5.70. The molecule has 1 saturated heterocycles. The van der Waals surface area contributed by atoms with Crippen LogP contribution in [0.15, 0.2) is 53.0 Å². The first-order chi connectivity index (χ1) is 10.6. The van der Waals surface area contributed by atoms with Crippen molar-refractivity contribution in [3.63, 3.8) is 0 Å². The Hall–Kier alpha value is -1.81. The molecule has 0 spiro atoms. The van der Waals surface area contributed by atoms with E-state index in [0.29, 0.717) is 0 Å². The molecule has 114 valence electrons. The Morgan fingerprint density at radius 1 is 1.23 bits per heavy atom. The van der Waals surface area contributed by atoms with Gasteiger partial charge in [-0.3, -0.25) is 0 Å². The lowest BCUT2D eigenvalue weighted by molar-refractivity contribution is 0.207. The highest BCUT2D eigenvalue weighted by molar-refractivity contribution is 9.10. The lowest BCUT2D eigenvalue weighted by Crippen LogP contribution is -2.34. The first kappa shape index (κ1) is 15.1. The van der Waals surface area contributed by atoms with E-state index in [1.165, 1.54) is 5.56 Å². The van der Waals surface area contributed by atoms with Gasteiger partial charge >= 0.3 is 6.03 Å². The Balaban J connectivity index is 1.75. The van der Waals surface area contributed by atoms with Crippen molar-refractivity contribution in [2.24, 2.45) is 0 Å². The Kier molecular flexibility index (Phi) is 4.48. The normalized spacial score (nSPS) is 17.5. The van der Waals surface area contributed by atoms with E-state index in [4.69, 9.17) is 0 Å². The molecule has 4 heteroatoms. The summed E-state index contributed by atoms with van der Waals surface area (Å²) in [6.45, 7) is 2.83. The second kappa shape index (κ2) is 6.53. The minimum Gasteiger partial charge on any atom is -0.317 e. The van der Waals surface area contributed by atoms with Gasteiger partial charge in [-0.2, -0.15) is 0 Å². The number of amides is 2. The minimum atomic E-state index is -0.0176. The van der Waals surface area contributed by atoms with Crippen LogP contribution in [0.2, 0.25) is 0 Å². The number of carbonyl (C=O) groups excluding carboxylic acids is 1. The SMILES string of the molecule is Cc1cccc(NC(=O)N2CCCC2c2ccc(Br)cc2)c1. The molecule has 1 heterocycles. The highest BCUT2D eigenvalue weighted by atomic mass is 79.9. The molecule has 0 aromatic heterocycles. The van der Waals surface area contributed by atoms with Gasteiger partial charge in [-0.15, -0.1) is 0 Å². The number of anilines is 1. The van der Waals surface area contributed by atoms with Crippen molar-refractivity contribution in [3.8, 4) is 0 Å². The Morgan fingerprint density at radius 3 is 2.73 bits per heavy atom. The second-order valence-corrected chi connectivity index (χ2v) is 6.62. The van der Waals surface area contributed by atoms with Gasteiger partial charge < -0.3 is 10.2 Å². The standard InChI is InChI=1S/C18H19BrN2O/c1-13-4-2-5-16(12-13)20-18(22)21-11-3-6-17(21)14-7-9-15(19)10-8-14/h2,4-5,7-10,12,17H,3,6,11H2,1H3,(H,20,22). The smallest absolute Gasteiger partial charge is 0.317 e. The van der Waals surface area contributed by atoms with Gasteiger partial charge in [0, 0.05) is 16.7 Å². The van der Waals surface area contributed by atoms with Crippen molar-refractivity contribution >= 4 is 27.6 Å². The van der Waals surface area contributed by atoms with Crippen molar-refractivity contribution in [2.45, 2.75) is 25.8 Å². The van der Waals surface area contributed by atoms with Gasteiger partial charge in [-0.25, -0.2) is 4.79 Å². The molecule has 0 saturated carbocycles. The Labute approximate surface area is 139 Å². The number of hydrogen-bond donors (Lipinski definition) is 1. The van der Waals surface area contributed by atoms with E-state index in [9.17, 15) is 4.79 Å². The molecule has 2 aromatic rings. The summed E-state index contributed by atoms with van der Waals surface area (Å²) >= 11 is 3.46. The van der Waals surface area contributed by atoms with Gasteiger partial charge in [0.05, 0.1) is 6.04 Å². The molecular formula is C18H19BrN2O. The van der Waals surface area contributed by atoms with Crippen molar-refractivity contribution in [3.05, 3.63) is 64.1 Å². The number of nitrogens with one attached hydrogen (secondary N) is 1. The number of aryl methyl sites for hydroxylation is 1. The summed E-state index contributed by atoms with van der Waals surface area (Å²) in [6.07, 6.45) is 2.06. The van der Waals surface area contributed by atoms with E-state index in [-0.39, 0.29) is 12.1 Å². The van der Waals surface area contributed by atoms with Crippen LogP contribution in [0, 0.1) is 6.92 Å². The molecule has 1 N–H and O–H groups in total. The summed E-state index contributed by atoms with van der Waals surface area (Å²) in [5.74, 6) is 0. The number of likely N-dealkylation sites (tertiary alicyclic amines) is 1. The number of hydrogen-bond acceptors (Lipinski definition) is 1. The van der Waals surface area contributed by atoms with Crippen LogP contribution in [0.3, 0.4) is 0 Å². The third kappa shape index (κ3) is 3.33. The summed E-state index contributed by atoms with van der Waals surface area (Å²) in [4.78, 5) is 14.5. The van der Waals surface area contributed by atoms with E-state index < -0.39 is 0 Å². The van der Waals surface area contributed by atoms with Gasteiger partial charge in [0.2, 0.25) is 0 Å². The highest BCUT2D eigenvalue weighted by Crippen LogP contribution is 2.33. The number of carbonyl (C=O) groups is 1. The maximum atomic E-state index is 12.6. The summed E-state index contributed by atoms with van der Waals surface area (Å²) in [6, 6.07) is 16.3. The van der Waals surface area contributed by atoms with Crippen LogP contribution < -0.4 is 5.32 Å². The molecule has 1 aliphatic rings. The molecule has 1 aliphatic heterocycles. The van der Waals surface area contributed by atoms with Gasteiger partial charge in [-0.05, 0) is 55.2 Å². The average molecular weight is 359 g/mol. The monoisotopic (exact) mass is 358 g/mol. The van der Waals surface area contributed by atoms with Gasteiger partial charge in [-0.1, -0.05) is 40.2 Å². The third-order valence-electron chi connectivity index (χ3n) is 4.04. The first-order valence-electron chi connectivity index (χ1n) is 7.53. The van der Waals surface area contributed by atoms with E-state index in [2.05, 4.69) is 33.4 Å². The third-order valence-corrected chi connectivity index (χ3v) is 4.57. The van der Waals surface area contributed by atoms with Crippen LogP contribution in [0.4, 0.5) is 10.5 Å². The highest BCUT2D eigenvalue weighted by Gasteiger charge is 2.29. The van der Waals surface area contributed by atoms with E-state index >= 15 is 0 Å². The van der Waals surface area contributed by atoms with Crippen LogP contribution >= 0.6 is 15.9 Å². The zero-order chi connectivity index (χ0) is 15.5. The molecule has 2 aromatic carbocycles. The van der Waals surface area contributed by atoms with Crippen LogP contribution in [-0.2, 0) is 0 Å². The summed E-state index contributed by atoms with van der Waals surface area (Å²) in [7, 11) is 0. The van der Waals surface area contributed by atoms with E-state index in [1.807, 2.05) is 48.2 Å². The number of urea groups is 1. The molecule has 0 aliphatic carbocycles. The van der Waals surface area contributed by atoms with Crippen molar-refractivity contribution in [1.29, 1.82) is 0 Å². The summed E-state index contributed by atoms with van der Waals surface area (Å²) < 4.78 is 1.06. The number of halogens is 1. The maximum absolute atomic E-state index is 12.6. The Morgan fingerprint density at radius 2 is 2.00 bits per heavy atom. The molecule has 2 amide bonds. The van der Waals surface area contributed by atoms with Crippen LogP contribution in [0.1, 0.15) is 30.0 Å². The minimum absolute atomic E-state index is 0.0176. The van der Waals surface area contributed by atoms with Crippen molar-refractivity contribution < 1.29 is 4.79 Å². The van der Waals surface area contributed by atoms with Gasteiger partial charge in [0.25, 0.3) is 0 Å². The number of benzene rings is 2. The molecule has 22 heavy (non-hydrogen) atoms. The van der Waals surface area contributed by atoms with Gasteiger partial charge in [0.1, 0.15) is 0 Å². The van der Waals surface area contributed by atoms with E-state index in [0.717, 1.165) is 35.1 Å². The zero-order valence-electron chi connectivity index (χ0n) is 12.6. The zero-order valence-corrected chi connectivity index (χ0v) is 14.1. The molecule has 3 rings (SSSR count). The predicted molar refractivity (Wildman–Crippen MR) is 93.0 cm³/mol. The lowest BCUT2D eigenvalue weighted by Gasteiger charge is -2.25. The summed E-state index contributed by atoms with van der Waals surface area (Å²) in [5, 5.41) is 3.01. The topological polar surface area (TPSA) is 32.3 Å². The molecule has 1 atom stereocenters. The molecule has 0 bridgehead atoms. The number of rotatable bonds is 2. The number of nitrogens with zero attached hydrogens (tertiary/aromatic N) is 1. The van der Waals surface area contributed by atoms with Gasteiger partial charge in [0.15, 0.2) is 0 Å².